The predicted octanol–water partition coefficient (Wildman–Crippen LogP) is 1.55. The minimum Gasteiger partial charge on any atom is -0.486 e. The van der Waals surface area contributed by atoms with E-state index in [9.17, 15) is 20.1 Å². The van der Waals surface area contributed by atoms with E-state index in [2.05, 4.69) is 9.88 Å². The third-order valence-electron chi connectivity index (χ3n) is 6.77. The van der Waals surface area contributed by atoms with Crippen LogP contribution in [0.15, 0.2) is 54.7 Å². The molecule has 1 aliphatic rings. The topological polar surface area (TPSA) is 174 Å². The molecule has 0 aliphatic carbocycles. The highest BCUT2D eigenvalue weighted by molar-refractivity contribution is 7.60. The first-order valence-corrected chi connectivity index (χ1v) is 14.1. The summed E-state index contributed by atoms with van der Waals surface area (Å²) in [7, 11) is -0.866. The highest BCUT2D eigenvalue weighted by Gasteiger charge is 2.29. The highest BCUT2D eigenvalue weighted by Crippen LogP contribution is 2.29. The molecule has 4 rings (SSSR count). The summed E-state index contributed by atoms with van der Waals surface area (Å²) in [5.74, 6) is 0.897. The number of rotatable bonds is 11. The average Bonchev–Trinajstić information content (AvgIpc) is 3.38. The van der Waals surface area contributed by atoms with Crippen molar-refractivity contribution in [1.29, 1.82) is 4.78 Å². The largest absolute Gasteiger partial charge is 0.486 e. The standard InChI is InChI=1S/C28H35N3O6.HNO2S/c1-19-8-9-26(24-7-4-11-29-28(19)24)36-18-27(35)30(2)25(15-31-12-10-21(34)14-31)20-5-3-6-22(13-20)37-23(16-32)17-33;1-4(2)3/h3-9,11,13,21,23,25,32-34H,10,12,14-18H2,1-2H3;1H/t21-,25?;/m0./s1. The van der Waals surface area contributed by atoms with E-state index < -0.39 is 16.6 Å². The number of benzene rings is 2. The van der Waals surface area contributed by atoms with Gasteiger partial charge in [-0.1, -0.05) is 18.2 Å². The Balaban J connectivity index is 0.00000108. The zero-order valence-corrected chi connectivity index (χ0v) is 23.8. The van der Waals surface area contributed by atoms with Crippen LogP contribution in [0.3, 0.4) is 0 Å². The lowest BCUT2D eigenvalue weighted by molar-refractivity contribution is -0.134. The summed E-state index contributed by atoms with van der Waals surface area (Å²) in [4.78, 5) is 21.6. The van der Waals surface area contributed by atoms with Gasteiger partial charge in [-0.25, -0.2) is 0 Å². The summed E-state index contributed by atoms with van der Waals surface area (Å²) >= 11 is 0. The Bertz CT molecular complexity index is 1410. The molecule has 41 heavy (non-hydrogen) atoms. The van der Waals surface area contributed by atoms with Gasteiger partial charge in [-0.15, -0.1) is 0 Å². The number of aliphatic hydroxyl groups excluding tert-OH is 3. The van der Waals surface area contributed by atoms with Crippen LogP contribution >= 0.6 is 0 Å². The van der Waals surface area contributed by atoms with E-state index in [0.717, 1.165) is 28.6 Å². The molecule has 3 aromatic rings. The van der Waals surface area contributed by atoms with E-state index in [1.54, 1.807) is 24.2 Å². The molecule has 4 N–H and O–H groups in total. The molecule has 2 aromatic carbocycles. The molecule has 1 aliphatic heterocycles. The van der Waals surface area contributed by atoms with Crippen LogP contribution < -0.4 is 9.47 Å². The number of fused-ring (bicyclic) bond motifs is 1. The Morgan fingerprint density at radius 1 is 1.20 bits per heavy atom. The number of carbonyl (C=O) groups is 1. The third-order valence-corrected chi connectivity index (χ3v) is 6.77. The number of nitrogens with zero attached hydrogens (tertiary/aromatic N) is 3. The molecule has 0 saturated carbocycles. The second kappa shape index (κ2) is 15.4. The number of nitrogens with one attached hydrogen (secondary N) is 1. The second-order valence-corrected chi connectivity index (χ2v) is 10.2. The Kier molecular flexibility index (Phi) is 12.0. The van der Waals surface area contributed by atoms with Gasteiger partial charge in [-0.05, 0) is 54.8 Å². The number of amides is 1. The molecule has 13 heteroatoms. The molecule has 2 heterocycles. The number of aliphatic hydroxyl groups is 3. The fourth-order valence-corrected chi connectivity index (χ4v) is 4.62. The van der Waals surface area contributed by atoms with Crippen LogP contribution in [0.25, 0.3) is 10.9 Å². The molecule has 1 fully saturated rings. The first kappa shape index (κ1) is 31.9. The normalized spacial score (nSPS) is 15.7. The van der Waals surface area contributed by atoms with Crippen molar-refractivity contribution in [3.8, 4) is 11.5 Å². The molecular weight excluding hydrogens is 552 g/mol. The number of pyridine rings is 1. The minimum absolute atomic E-state index is 0.143. The van der Waals surface area contributed by atoms with E-state index in [1.807, 2.05) is 49.4 Å². The zero-order valence-electron chi connectivity index (χ0n) is 23.0. The van der Waals surface area contributed by atoms with E-state index >= 15 is 0 Å². The molecule has 1 aromatic heterocycles. The summed E-state index contributed by atoms with van der Waals surface area (Å²) in [6.07, 6.45) is 1.32. The Labute approximate surface area is 240 Å². The van der Waals surface area contributed by atoms with Crippen molar-refractivity contribution in [1.82, 2.24) is 14.8 Å². The molecular formula is C28H36N4O8S. The molecule has 0 radical (unpaired) electrons. The van der Waals surface area contributed by atoms with Crippen molar-refractivity contribution < 1.29 is 38.0 Å². The van der Waals surface area contributed by atoms with Gasteiger partial charge in [0.15, 0.2) is 6.61 Å². The van der Waals surface area contributed by atoms with E-state index in [1.165, 1.54) is 0 Å². The van der Waals surface area contributed by atoms with Gasteiger partial charge >= 0.3 is 10.5 Å². The van der Waals surface area contributed by atoms with Gasteiger partial charge in [0, 0.05) is 38.3 Å². The molecule has 1 saturated heterocycles. The smallest absolute Gasteiger partial charge is 0.308 e. The average molecular weight is 589 g/mol. The van der Waals surface area contributed by atoms with E-state index in [4.69, 9.17) is 22.7 Å². The summed E-state index contributed by atoms with van der Waals surface area (Å²) in [6, 6.07) is 14.5. The summed E-state index contributed by atoms with van der Waals surface area (Å²) in [5.41, 5.74) is 2.72. The van der Waals surface area contributed by atoms with Crippen molar-refractivity contribution in [3.63, 3.8) is 0 Å². The number of hydrogen-bond donors (Lipinski definition) is 4. The number of likely N-dealkylation sites (tertiary alicyclic amines) is 1. The zero-order chi connectivity index (χ0) is 29.9. The molecule has 2 atom stereocenters. The predicted molar refractivity (Wildman–Crippen MR) is 151 cm³/mol. The van der Waals surface area contributed by atoms with Crippen LogP contribution in [-0.4, -0.2) is 103 Å². The lowest BCUT2D eigenvalue weighted by Gasteiger charge is -2.32. The number of likely N-dealkylation sites (N-methyl/N-ethyl adjacent to an activating group) is 1. The molecule has 0 bridgehead atoms. The molecule has 12 nitrogen and oxygen atoms in total. The molecule has 0 spiro atoms. The van der Waals surface area contributed by atoms with E-state index in [-0.39, 0.29) is 37.9 Å². The highest BCUT2D eigenvalue weighted by atomic mass is 32.2. The molecule has 1 amide bonds. The second-order valence-electron chi connectivity index (χ2n) is 9.70. The van der Waals surface area contributed by atoms with Crippen LogP contribution in [-0.2, 0) is 15.3 Å². The maximum absolute atomic E-state index is 13.3. The van der Waals surface area contributed by atoms with Crippen molar-refractivity contribution in [2.24, 2.45) is 0 Å². The SMILES string of the molecule is Cc1ccc(OCC(=O)N(C)C(CN2CC[C@H](O)C2)c2cccc(OC(CO)CO)c2)c2cccnc12.N=S(=O)=O. The van der Waals surface area contributed by atoms with Crippen LogP contribution in [0.2, 0.25) is 0 Å². The minimum atomic E-state index is -2.61. The third kappa shape index (κ3) is 9.20. The van der Waals surface area contributed by atoms with Gasteiger partial charge in [-0.3, -0.25) is 14.7 Å². The number of β-amino-alcohol motifs (C(OH)–C–C–N with tert-alkyl or cyclic N) is 1. The Morgan fingerprint density at radius 3 is 2.59 bits per heavy atom. The summed E-state index contributed by atoms with van der Waals surface area (Å²) in [6.45, 7) is 3.04. The lowest BCUT2D eigenvalue weighted by Crippen LogP contribution is -2.41. The fourth-order valence-electron chi connectivity index (χ4n) is 4.62. The number of aromatic nitrogens is 1. The van der Waals surface area contributed by atoms with Crippen molar-refractivity contribution >= 4 is 27.3 Å². The van der Waals surface area contributed by atoms with Gasteiger partial charge in [-0.2, -0.15) is 13.2 Å². The van der Waals surface area contributed by atoms with Crippen molar-refractivity contribution in [2.75, 3.05) is 46.5 Å². The van der Waals surface area contributed by atoms with Crippen LogP contribution in [0.1, 0.15) is 23.6 Å². The number of carbonyl (C=O) groups excluding carboxylic acids is 1. The van der Waals surface area contributed by atoms with Crippen LogP contribution in [0, 0.1) is 11.7 Å². The van der Waals surface area contributed by atoms with Gasteiger partial charge in [0.25, 0.3) is 5.91 Å². The number of aryl methyl sites for hydroxylation is 1. The number of ether oxygens (including phenoxy) is 2. The van der Waals surface area contributed by atoms with Gasteiger partial charge in [0.05, 0.1) is 30.9 Å². The Morgan fingerprint density at radius 2 is 1.93 bits per heavy atom. The van der Waals surface area contributed by atoms with Crippen LogP contribution in [0.4, 0.5) is 0 Å². The summed E-state index contributed by atoms with van der Waals surface area (Å²) in [5, 5.41) is 29.7. The monoisotopic (exact) mass is 588 g/mol. The first-order chi connectivity index (χ1) is 19.6. The van der Waals surface area contributed by atoms with Gasteiger partial charge in [0.1, 0.15) is 17.6 Å². The fraction of sp³-hybridized carbons (Fsp3) is 0.429. The maximum Gasteiger partial charge on any atom is 0.308 e. The van der Waals surface area contributed by atoms with E-state index in [0.29, 0.717) is 31.0 Å². The van der Waals surface area contributed by atoms with Crippen LogP contribution in [0.5, 0.6) is 11.5 Å². The maximum atomic E-state index is 13.3. The molecule has 1 unspecified atom stereocenters. The van der Waals surface area contributed by atoms with Crippen molar-refractivity contribution in [3.05, 3.63) is 65.9 Å². The van der Waals surface area contributed by atoms with Gasteiger partial charge in [0.2, 0.25) is 0 Å². The van der Waals surface area contributed by atoms with Crippen molar-refractivity contribution in [2.45, 2.75) is 31.6 Å². The Hall–Kier alpha value is -3.62. The van der Waals surface area contributed by atoms with Gasteiger partial charge < -0.3 is 29.7 Å². The lowest BCUT2D eigenvalue weighted by atomic mass is 10.0. The molecule has 222 valence electrons. The quantitative estimate of drug-likeness (QED) is 0.257. The summed E-state index contributed by atoms with van der Waals surface area (Å²) < 4.78 is 34.5. The number of hydrogen-bond acceptors (Lipinski definition) is 11. The first-order valence-electron chi connectivity index (χ1n) is 13.0.